The average molecular weight is 488 g/mol. The molecule has 0 aromatic heterocycles. The standard InChI is InChI=1S/C30H33NO5/c1-18-27(30(34)36-22-11-7-4-8-12-22)28(20-13-14-24(32)26(17-20)35-2)29-23(31-18)15-21(16-25(29)33)19-9-5-3-6-10-19/h3,5-6,9-10,13-14,17,21-22,27-28,32H,4,7-8,11-12,15-16H2,1-2H3/t21-,27?,28-/m0/s1. The first-order valence-electron chi connectivity index (χ1n) is 12.9. The van der Waals surface area contributed by atoms with Gasteiger partial charge in [0.1, 0.15) is 12.0 Å². The van der Waals surface area contributed by atoms with E-state index in [9.17, 15) is 14.7 Å². The molecular weight excluding hydrogens is 454 g/mol. The number of nitrogens with zero attached hydrogens (tertiary/aromatic N) is 1. The van der Waals surface area contributed by atoms with Crippen LogP contribution in [0.25, 0.3) is 0 Å². The van der Waals surface area contributed by atoms with E-state index in [4.69, 9.17) is 14.5 Å². The third-order valence-corrected chi connectivity index (χ3v) is 7.81. The highest BCUT2D eigenvalue weighted by Crippen LogP contribution is 2.48. The fraction of sp³-hybridized carbons (Fsp3) is 0.433. The molecule has 0 saturated heterocycles. The van der Waals surface area contributed by atoms with Crippen LogP contribution in [0.5, 0.6) is 11.5 Å². The van der Waals surface area contributed by atoms with Crippen molar-refractivity contribution in [2.75, 3.05) is 7.11 Å². The number of carbonyl (C=O) groups is 2. The number of carbonyl (C=O) groups excluding carboxylic acids is 2. The van der Waals surface area contributed by atoms with Crippen LogP contribution in [-0.2, 0) is 14.3 Å². The Hall–Kier alpha value is -3.41. The van der Waals surface area contributed by atoms with E-state index in [2.05, 4.69) is 12.1 Å². The summed E-state index contributed by atoms with van der Waals surface area (Å²) in [6.45, 7) is 1.86. The molecule has 2 aliphatic carbocycles. The second-order valence-electron chi connectivity index (χ2n) is 10.1. The van der Waals surface area contributed by atoms with E-state index in [0.717, 1.165) is 42.5 Å². The Morgan fingerprint density at radius 2 is 1.75 bits per heavy atom. The Labute approximate surface area is 212 Å². The summed E-state index contributed by atoms with van der Waals surface area (Å²) in [6, 6.07) is 15.1. The Kier molecular flexibility index (Phi) is 6.95. The number of benzene rings is 2. The Balaban J connectivity index is 1.55. The molecule has 5 rings (SSSR count). The first-order valence-corrected chi connectivity index (χ1v) is 12.9. The number of rotatable bonds is 5. The Bertz CT molecular complexity index is 1210. The van der Waals surface area contributed by atoms with Crippen LogP contribution >= 0.6 is 0 Å². The highest BCUT2D eigenvalue weighted by molar-refractivity contribution is 6.09. The van der Waals surface area contributed by atoms with Crippen molar-refractivity contribution < 1.29 is 24.2 Å². The molecule has 1 saturated carbocycles. The molecule has 2 aromatic rings. The van der Waals surface area contributed by atoms with E-state index in [-0.39, 0.29) is 29.5 Å². The lowest BCUT2D eigenvalue weighted by Gasteiger charge is -2.37. The van der Waals surface area contributed by atoms with Crippen LogP contribution in [-0.4, -0.2) is 35.8 Å². The maximum absolute atomic E-state index is 13.7. The summed E-state index contributed by atoms with van der Waals surface area (Å²) in [5.74, 6) is -1.19. The Morgan fingerprint density at radius 1 is 1.00 bits per heavy atom. The minimum atomic E-state index is -0.697. The van der Waals surface area contributed by atoms with Crippen molar-refractivity contribution in [1.82, 2.24) is 0 Å². The van der Waals surface area contributed by atoms with E-state index in [1.165, 1.54) is 13.5 Å². The van der Waals surface area contributed by atoms with Crippen LogP contribution in [0.15, 0.2) is 64.8 Å². The molecule has 3 aliphatic rings. The van der Waals surface area contributed by atoms with Gasteiger partial charge < -0.3 is 14.6 Å². The third-order valence-electron chi connectivity index (χ3n) is 7.81. The monoisotopic (exact) mass is 487 g/mol. The predicted molar refractivity (Wildman–Crippen MR) is 137 cm³/mol. The molecule has 3 atom stereocenters. The molecule has 0 bridgehead atoms. The van der Waals surface area contributed by atoms with Gasteiger partial charge >= 0.3 is 5.97 Å². The highest BCUT2D eigenvalue weighted by Gasteiger charge is 2.45. The van der Waals surface area contributed by atoms with Gasteiger partial charge in [-0.05, 0) is 68.2 Å². The fourth-order valence-corrected chi connectivity index (χ4v) is 5.99. The number of aliphatic imine (C=N–C) groups is 1. The molecule has 1 heterocycles. The molecule has 2 aromatic carbocycles. The second kappa shape index (κ2) is 10.3. The normalized spacial score (nSPS) is 24.7. The molecule has 1 N–H and O–H groups in total. The van der Waals surface area contributed by atoms with Gasteiger partial charge in [0.05, 0.1) is 7.11 Å². The van der Waals surface area contributed by atoms with Gasteiger partial charge in [-0.1, -0.05) is 42.8 Å². The van der Waals surface area contributed by atoms with Crippen LogP contribution < -0.4 is 4.74 Å². The van der Waals surface area contributed by atoms with E-state index < -0.39 is 11.8 Å². The zero-order chi connectivity index (χ0) is 25.2. The zero-order valence-electron chi connectivity index (χ0n) is 20.9. The van der Waals surface area contributed by atoms with Crippen LogP contribution in [0.2, 0.25) is 0 Å². The number of phenolic OH excluding ortho intramolecular Hbond substituents is 1. The van der Waals surface area contributed by atoms with Crippen molar-refractivity contribution in [2.24, 2.45) is 10.9 Å². The molecule has 1 unspecified atom stereocenters. The summed E-state index contributed by atoms with van der Waals surface area (Å²) < 4.78 is 11.4. The summed E-state index contributed by atoms with van der Waals surface area (Å²) >= 11 is 0. The number of esters is 1. The van der Waals surface area contributed by atoms with Crippen LogP contribution in [0.3, 0.4) is 0 Å². The quantitative estimate of drug-likeness (QED) is 0.535. The summed E-state index contributed by atoms with van der Waals surface area (Å²) in [5.41, 5.74) is 3.85. The summed E-state index contributed by atoms with van der Waals surface area (Å²) in [7, 11) is 1.49. The third kappa shape index (κ3) is 4.69. The van der Waals surface area contributed by atoms with Crippen LogP contribution in [0.1, 0.15) is 74.8 Å². The number of ether oxygens (including phenoxy) is 2. The topological polar surface area (TPSA) is 85.2 Å². The predicted octanol–water partition coefficient (Wildman–Crippen LogP) is 5.85. The number of phenols is 1. The average Bonchev–Trinajstić information content (AvgIpc) is 2.89. The van der Waals surface area contributed by atoms with Gasteiger partial charge in [-0.2, -0.15) is 0 Å². The van der Waals surface area contributed by atoms with Crippen molar-refractivity contribution in [3.05, 3.63) is 70.9 Å². The van der Waals surface area contributed by atoms with Crippen LogP contribution in [0.4, 0.5) is 0 Å². The molecule has 6 nitrogen and oxygen atoms in total. The molecule has 36 heavy (non-hydrogen) atoms. The SMILES string of the molecule is COc1cc([C@@H]2C3=C(C[C@H](c4ccccc4)CC3=O)N=C(C)C2C(=O)OC2CCCCC2)ccc1O. The van der Waals surface area contributed by atoms with Gasteiger partial charge in [0.25, 0.3) is 0 Å². The number of ketones is 1. The van der Waals surface area contributed by atoms with E-state index >= 15 is 0 Å². The van der Waals surface area contributed by atoms with Crippen molar-refractivity contribution in [2.45, 2.75) is 69.8 Å². The number of hydrogen-bond donors (Lipinski definition) is 1. The first kappa shape index (κ1) is 24.3. The summed E-state index contributed by atoms with van der Waals surface area (Å²) in [6.07, 6.45) is 5.95. The molecule has 1 fully saturated rings. The fourth-order valence-electron chi connectivity index (χ4n) is 5.99. The van der Waals surface area contributed by atoms with E-state index in [1.54, 1.807) is 18.2 Å². The van der Waals surface area contributed by atoms with Crippen molar-refractivity contribution in [1.29, 1.82) is 0 Å². The number of hydrogen-bond acceptors (Lipinski definition) is 6. The van der Waals surface area contributed by atoms with Crippen LogP contribution in [0, 0.1) is 5.92 Å². The van der Waals surface area contributed by atoms with E-state index in [0.29, 0.717) is 29.9 Å². The lowest BCUT2D eigenvalue weighted by molar-refractivity contribution is -0.153. The zero-order valence-corrected chi connectivity index (χ0v) is 20.9. The molecule has 0 spiro atoms. The second-order valence-corrected chi connectivity index (χ2v) is 10.1. The van der Waals surface area contributed by atoms with Gasteiger partial charge in [-0.25, -0.2) is 0 Å². The lowest BCUT2D eigenvalue weighted by atomic mass is 9.69. The number of Topliss-reactive ketones (excluding diaryl/α,β-unsaturated/α-hetero) is 1. The number of methoxy groups -OCH3 is 1. The molecular formula is C30H33NO5. The van der Waals surface area contributed by atoms with Gasteiger partial charge in [0, 0.05) is 29.3 Å². The maximum Gasteiger partial charge on any atom is 0.315 e. The lowest BCUT2D eigenvalue weighted by Crippen LogP contribution is -2.39. The molecule has 188 valence electrons. The van der Waals surface area contributed by atoms with Crippen molar-refractivity contribution in [3.63, 3.8) is 0 Å². The molecule has 1 aliphatic heterocycles. The summed E-state index contributed by atoms with van der Waals surface area (Å²) in [4.78, 5) is 32.2. The largest absolute Gasteiger partial charge is 0.504 e. The number of aromatic hydroxyl groups is 1. The first-order chi connectivity index (χ1) is 17.5. The molecule has 0 amide bonds. The highest BCUT2D eigenvalue weighted by atomic mass is 16.5. The van der Waals surface area contributed by atoms with Gasteiger partial charge in [-0.3, -0.25) is 14.6 Å². The van der Waals surface area contributed by atoms with Gasteiger partial charge in [0.15, 0.2) is 17.3 Å². The molecule has 0 radical (unpaired) electrons. The number of allylic oxidation sites excluding steroid dienone is 2. The van der Waals surface area contributed by atoms with E-state index in [1.807, 2.05) is 25.1 Å². The summed E-state index contributed by atoms with van der Waals surface area (Å²) in [5, 5.41) is 10.2. The van der Waals surface area contributed by atoms with Crippen molar-refractivity contribution >= 4 is 17.5 Å². The van der Waals surface area contributed by atoms with Crippen molar-refractivity contribution in [3.8, 4) is 11.5 Å². The van der Waals surface area contributed by atoms with Gasteiger partial charge in [0.2, 0.25) is 0 Å². The smallest absolute Gasteiger partial charge is 0.315 e. The minimum absolute atomic E-state index is 0.00820. The molecule has 6 heteroatoms. The minimum Gasteiger partial charge on any atom is -0.504 e. The van der Waals surface area contributed by atoms with Gasteiger partial charge in [-0.15, -0.1) is 0 Å². The Morgan fingerprint density at radius 3 is 2.47 bits per heavy atom. The maximum atomic E-state index is 13.7.